The van der Waals surface area contributed by atoms with Gasteiger partial charge >= 0.3 is 0 Å². The Morgan fingerprint density at radius 3 is 1.27 bits per heavy atom. The van der Waals surface area contributed by atoms with Crippen LogP contribution in [0.2, 0.25) is 0 Å². The smallest absolute Gasteiger partial charge is 0.104 e. The Labute approximate surface area is 183 Å². The van der Waals surface area contributed by atoms with Crippen molar-refractivity contribution >= 4 is 11.6 Å². The van der Waals surface area contributed by atoms with Gasteiger partial charge in [0, 0.05) is 11.1 Å². The number of hydrogen-bond acceptors (Lipinski definition) is 0. The van der Waals surface area contributed by atoms with Crippen LogP contribution in [-0.4, -0.2) is 0 Å². The molecule has 0 saturated heterocycles. The van der Waals surface area contributed by atoms with Crippen LogP contribution in [0.5, 0.6) is 0 Å². The van der Waals surface area contributed by atoms with Gasteiger partial charge in [-0.15, -0.1) is 11.6 Å². The van der Waals surface area contributed by atoms with Crippen molar-refractivity contribution in [2.45, 2.75) is 4.87 Å². The summed E-state index contributed by atoms with van der Waals surface area (Å²) in [5, 5.41) is 0. The molecule has 0 heterocycles. The standard InChI is InChI=1S/C29H19Cl/c30-29(26-16-6-2-7-17-26,27-18-8-3-9-19-27)28-22-20-25(21-23-28)15-11-10-14-24-12-4-1-5-13-24/h1-9,12-13,16-23H. The molecule has 0 unspecified atom stereocenters. The number of hydrogen-bond donors (Lipinski definition) is 0. The molecule has 0 nitrogen and oxygen atoms in total. The first-order valence-electron chi connectivity index (χ1n) is 9.74. The molecule has 0 aliphatic heterocycles. The molecule has 0 radical (unpaired) electrons. The van der Waals surface area contributed by atoms with Gasteiger partial charge in [0.2, 0.25) is 0 Å². The maximum absolute atomic E-state index is 7.30. The van der Waals surface area contributed by atoms with Crippen LogP contribution in [0.1, 0.15) is 27.8 Å². The van der Waals surface area contributed by atoms with Gasteiger partial charge in [0.15, 0.2) is 0 Å². The molecule has 0 N–H and O–H groups in total. The van der Waals surface area contributed by atoms with Crippen molar-refractivity contribution in [2.24, 2.45) is 0 Å². The predicted molar refractivity (Wildman–Crippen MR) is 125 cm³/mol. The molecule has 142 valence electrons. The zero-order valence-corrected chi connectivity index (χ0v) is 17.1. The molecule has 4 aromatic carbocycles. The molecule has 4 rings (SSSR count). The third-order valence-electron chi connectivity index (χ3n) is 4.88. The zero-order valence-electron chi connectivity index (χ0n) is 16.3. The molecule has 0 aliphatic rings. The quantitative estimate of drug-likeness (QED) is 0.205. The molecule has 0 saturated carbocycles. The second-order valence-corrected chi connectivity index (χ2v) is 7.40. The Balaban J connectivity index is 1.65. The van der Waals surface area contributed by atoms with Crippen LogP contribution in [0.3, 0.4) is 0 Å². The largest absolute Gasteiger partial charge is 0.119 e. The summed E-state index contributed by atoms with van der Waals surface area (Å²) in [4.78, 5) is -0.762. The van der Waals surface area contributed by atoms with Crippen LogP contribution in [0.15, 0.2) is 115 Å². The summed E-state index contributed by atoms with van der Waals surface area (Å²) in [6.45, 7) is 0. The Kier molecular flexibility index (Phi) is 6.01. The minimum absolute atomic E-state index is 0.762. The first-order valence-corrected chi connectivity index (χ1v) is 10.1. The SMILES string of the molecule is ClC(c1ccccc1)(c1ccccc1)c1ccc(C#CC#Cc2ccccc2)cc1. The molecular weight excluding hydrogens is 384 g/mol. The zero-order chi connectivity index (χ0) is 20.7. The summed E-state index contributed by atoms with van der Waals surface area (Å²) in [6.07, 6.45) is 0. The van der Waals surface area contributed by atoms with Crippen LogP contribution >= 0.6 is 11.6 Å². The Morgan fingerprint density at radius 1 is 0.433 bits per heavy atom. The molecule has 1 heteroatoms. The highest BCUT2D eigenvalue weighted by Crippen LogP contribution is 2.42. The van der Waals surface area contributed by atoms with Crippen molar-refractivity contribution in [1.82, 2.24) is 0 Å². The van der Waals surface area contributed by atoms with E-state index in [-0.39, 0.29) is 0 Å². The third kappa shape index (κ3) is 4.31. The highest BCUT2D eigenvalue weighted by atomic mass is 35.5. The summed E-state index contributed by atoms with van der Waals surface area (Å²) in [5.41, 5.74) is 4.93. The Morgan fingerprint density at radius 2 is 0.800 bits per heavy atom. The van der Waals surface area contributed by atoms with Gasteiger partial charge in [-0.05, 0) is 52.8 Å². The average molecular weight is 403 g/mol. The first kappa shape index (κ1) is 19.6. The molecule has 30 heavy (non-hydrogen) atoms. The fraction of sp³-hybridized carbons (Fsp3) is 0.0345. The Bertz CT molecular complexity index is 1180. The monoisotopic (exact) mass is 402 g/mol. The lowest BCUT2D eigenvalue weighted by Crippen LogP contribution is -2.22. The van der Waals surface area contributed by atoms with Gasteiger partial charge in [0.05, 0.1) is 0 Å². The van der Waals surface area contributed by atoms with E-state index in [1.807, 2.05) is 91.0 Å². The van der Waals surface area contributed by atoms with E-state index in [2.05, 4.69) is 47.9 Å². The summed E-state index contributed by atoms with van der Waals surface area (Å²) in [7, 11) is 0. The molecule has 0 bridgehead atoms. The molecule has 4 aromatic rings. The molecule has 0 spiro atoms. The number of benzene rings is 4. The van der Waals surface area contributed by atoms with E-state index in [0.29, 0.717) is 0 Å². The second-order valence-electron chi connectivity index (χ2n) is 6.83. The van der Waals surface area contributed by atoms with Gasteiger partial charge in [-0.2, -0.15) is 0 Å². The number of rotatable bonds is 3. The van der Waals surface area contributed by atoms with Crippen LogP contribution in [-0.2, 0) is 4.87 Å². The Hall–Kier alpha value is -3.71. The van der Waals surface area contributed by atoms with Crippen molar-refractivity contribution in [3.8, 4) is 23.7 Å². The van der Waals surface area contributed by atoms with Gasteiger partial charge in [-0.25, -0.2) is 0 Å². The van der Waals surface area contributed by atoms with Gasteiger partial charge in [-0.3, -0.25) is 0 Å². The van der Waals surface area contributed by atoms with E-state index in [1.54, 1.807) is 0 Å². The normalized spacial score (nSPS) is 10.3. The number of alkyl halides is 1. The van der Waals surface area contributed by atoms with Gasteiger partial charge < -0.3 is 0 Å². The number of halogens is 1. The van der Waals surface area contributed by atoms with Gasteiger partial charge in [-0.1, -0.05) is 103 Å². The molecular formula is C29H19Cl. The molecule has 0 aliphatic carbocycles. The van der Waals surface area contributed by atoms with Crippen LogP contribution in [0.4, 0.5) is 0 Å². The van der Waals surface area contributed by atoms with Crippen LogP contribution < -0.4 is 0 Å². The lowest BCUT2D eigenvalue weighted by Gasteiger charge is -2.29. The van der Waals surface area contributed by atoms with Crippen molar-refractivity contribution in [3.63, 3.8) is 0 Å². The lowest BCUT2D eigenvalue weighted by molar-refractivity contribution is 0.879. The van der Waals surface area contributed by atoms with Gasteiger partial charge in [0.1, 0.15) is 4.87 Å². The summed E-state index contributed by atoms with van der Waals surface area (Å²) < 4.78 is 0. The molecule has 0 fully saturated rings. The summed E-state index contributed by atoms with van der Waals surface area (Å²) in [5.74, 6) is 12.0. The average Bonchev–Trinajstić information content (AvgIpc) is 2.83. The molecule has 0 amide bonds. The van der Waals surface area contributed by atoms with E-state index in [9.17, 15) is 0 Å². The van der Waals surface area contributed by atoms with Crippen molar-refractivity contribution in [1.29, 1.82) is 0 Å². The topological polar surface area (TPSA) is 0 Å². The van der Waals surface area contributed by atoms with Crippen LogP contribution in [0, 0.1) is 23.7 Å². The highest BCUT2D eigenvalue weighted by molar-refractivity contribution is 6.28. The fourth-order valence-corrected chi connectivity index (χ4v) is 3.73. The minimum Gasteiger partial charge on any atom is -0.104 e. The second kappa shape index (κ2) is 9.19. The maximum atomic E-state index is 7.30. The predicted octanol–water partition coefficient (Wildman–Crippen LogP) is 6.62. The van der Waals surface area contributed by atoms with E-state index in [4.69, 9.17) is 11.6 Å². The van der Waals surface area contributed by atoms with E-state index < -0.39 is 4.87 Å². The summed E-state index contributed by atoms with van der Waals surface area (Å²) in [6, 6.07) is 38.2. The van der Waals surface area contributed by atoms with E-state index >= 15 is 0 Å². The van der Waals surface area contributed by atoms with Crippen molar-refractivity contribution in [2.75, 3.05) is 0 Å². The third-order valence-corrected chi connectivity index (χ3v) is 5.53. The van der Waals surface area contributed by atoms with E-state index in [1.165, 1.54) is 0 Å². The van der Waals surface area contributed by atoms with Crippen LogP contribution in [0.25, 0.3) is 0 Å². The summed E-state index contributed by atoms with van der Waals surface area (Å²) >= 11 is 7.30. The highest BCUT2D eigenvalue weighted by Gasteiger charge is 2.33. The first-order chi connectivity index (χ1) is 14.8. The van der Waals surface area contributed by atoms with Crippen molar-refractivity contribution < 1.29 is 0 Å². The molecule has 0 atom stereocenters. The minimum atomic E-state index is -0.762. The fourth-order valence-electron chi connectivity index (χ4n) is 3.35. The molecule has 0 aromatic heterocycles. The van der Waals surface area contributed by atoms with E-state index in [0.717, 1.165) is 27.8 Å². The lowest BCUT2D eigenvalue weighted by atomic mass is 9.84. The maximum Gasteiger partial charge on any atom is 0.119 e. The van der Waals surface area contributed by atoms with Crippen molar-refractivity contribution in [3.05, 3.63) is 143 Å². The van der Waals surface area contributed by atoms with Gasteiger partial charge in [0.25, 0.3) is 0 Å².